The standard InChI is InChI=1S/C27H28FN7O/c1-14-10-30-25-15(2)20(11-31-26(25)36-14)19-9-22-21(24(29)23(19)28)12-32-27(34-22)33-18-5-4-16-6-7-35(3)13-17(16)8-18/h4-5,8-9,11-12,14,30H,6-7,10,13,29H2,1-3H3,(H,32,33,34)/t14-/m0/s1. The highest BCUT2D eigenvalue weighted by Gasteiger charge is 2.23. The smallest absolute Gasteiger partial charge is 0.238 e. The number of nitrogen functional groups attached to an aromatic ring is 1. The van der Waals surface area contributed by atoms with Crippen molar-refractivity contribution >= 4 is 33.9 Å². The minimum atomic E-state index is -0.513. The maximum absolute atomic E-state index is 15.5. The SMILES string of the molecule is Cc1c(-c2cc3nc(Nc4ccc5c(c4)CN(C)CC5)ncc3c(N)c2F)cnc2c1NC[C@H](C)O2. The normalized spacial score (nSPS) is 17.2. The van der Waals surface area contributed by atoms with E-state index in [0.717, 1.165) is 36.4 Å². The Kier molecular flexibility index (Phi) is 5.37. The van der Waals surface area contributed by atoms with Gasteiger partial charge in [0.05, 0.1) is 17.7 Å². The van der Waals surface area contributed by atoms with Crippen molar-refractivity contribution in [2.24, 2.45) is 0 Å². The van der Waals surface area contributed by atoms with E-state index in [9.17, 15) is 0 Å². The van der Waals surface area contributed by atoms with Gasteiger partial charge in [0.15, 0.2) is 5.82 Å². The number of hydrogen-bond donors (Lipinski definition) is 3. The van der Waals surface area contributed by atoms with Gasteiger partial charge in [-0.3, -0.25) is 0 Å². The van der Waals surface area contributed by atoms with E-state index < -0.39 is 5.82 Å². The van der Waals surface area contributed by atoms with Crippen molar-refractivity contribution in [2.75, 3.05) is 36.5 Å². The number of ether oxygens (including phenoxy) is 1. The van der Waals surface area contributed by atoms with Crippen LogP contribution < -0.4 is 21.1 Å². The number of likely N-dealkylation sites (N-methyl/N-ethyl adjacent to an activating group) is 1. The van der Waals surface area contributed by atoms with Crippen LogP contribution in [0.3, 0.4) is 0 Å². The Balaban J connectivity index is 1.38. The average Bonchev–Trinajstić information content (AvgIpc) is 2.86. The van der Waals surface area contributed by atoms with Gasteiger partial charge in [0.2, 0.25) is 11.8 Å². The Bertz CT molecular complexity index is 1510. The van der Waals surface area contributed by atoms with Crippen LogP contribution in [0.4, 0.5) is 27.4 Å². The largest absolute Gasteiger partial charge is 0.471 e. The fourth-order valence-corrected chi connectivity index (χ4v) is 4.96. The van der Waals surface area contributed by atoms with E-state index in [2.05, 4.69) is 49.7 Å². The van der Waals surface area contributed by atoms with Gasteiger partial charge in [0, 0.05) is 47.7 Å². The molecule has 2 aromatic carbocycles. The summed E-state index contributed by atoms with van der Waals surface area (Å²) < 4.78 is 21.3. The van der Waals surface area contributed by atoms with E-state index in [1.54, 1.807) is 18.5 Å². The van der Waals surface area contributed by atoms with E-state index >= 15 is 4.39 Å². The molecule has 0 saturated heterocycles. The predicted octanol–water partition coefficient (Wildman–Crippen LogP) is 4.65. The molecule has 6 rings (SSSR count). The zero-order valence-corrected chi connectivity index (χ0v) is 20.5. The van der Waals surface area contributed by atoms with Crippen molar-refractivity contribution in [3.63, 3.8) is 0 Å². The number of benzene rings is 2. The molecule has 4 N–H and O–H groups in total. The third-order valence-electron chi connectivity index (χ3n) is 7.00. The van der Waals surface area contributed by atoms with Gasteiger partial charge in [-0.25, -0.2) is 19.3 Å². The molecule has 0 saturated carbocycles. The van der Waals surface area contributed by atoms with Gasteiger partial charge in [-0.2, -0.15) is 0 Å². The molecular weight excluding hydrogens is 457 g/mol. The zero-order chi connectivity index (χ0) is 25.0. The first-order chi connectivity index (χ1) is 17.4. The summed E-state index contributed by atoms with van der Waals surface area (Å²) in [6.07, 6.45) is 4.25. The molecule has 0 radical (unpaired) electrons. The molecule has 9 heteroatoms. The molecule has 0 spiro atoms. The Morgan fingerprint density at radius 1 is 1.17 bits per heavy atom. The van der Waals surface area contributed by atoms with Gasteiger partial charge in [-0.05, 0) is 62.2 Å². The van der Waals surface area contributed by atoms with E-state index in [1.165, 1.54) is 11.1 Å². The van der Waals surface area contributed by atoms with Crippen LogP contribution in [0.15, 0.2) is 36.7 Å². The minimum absolute atomic E-state index is 0.0146. The van der Waals surface area contributed by atoms with E-state index in [4.69, 9.17) is 10.5 Å². The summed E-state index contributed by atoms with van der Waals surface area (Å²) in [5.41, 5.74) is 12.9. The van der Waals surface area contributed by atoms with Crippen LogP contribution in [0, 0.1) is 12.7 Å². The van der Waals surface area contributed by atoms with Crippen molar-refractivity contribution < 1.29 is 9.13 Å². The highest BCUT2D eigenvalue weighted by molar-refractivity contribution is 5.96. The summed E-state index contributed by atoms with van der Waals surface area (Å²) in [7, 11) is 2.13. The number of halogens is 1. The maximum atomic E-state index is 15.5. The van der Waals surface area contributed by atoms with Crippen LogP contribution in [0.1, 0.15) is 23.6 Å². The quantitative estimate of drug-likeness (QED) is 0.361. The lowest BCUT2D eigenvalue weighted by Crippen LogP contribution is -2.28. The zero-order valence-electron chi connectivity index (χ0n) is 20.5. The van der Waals surface area contributed by atoms with Gasteiger partial charge in [-0.15, -0.1) is 0 Å². The summed E-state index contributed by atoms with van der Waals surface area (Å²) in [5.74, 6) is 0.433. The molecular formula is C27H28FN7O. The molecule has 1 atom stereocenters. The number of pyridine rings is 1. The van der Waals surface area contributed by atoms with Gasteiger partial charge >= 0.3 is 0 Å². The van der Waals surface area contributed by atoms with Crippen LogP contribution in [-0.2, 0) is 13.0 Å². The second kappa shape index (κ2) is 8.60. The third-order valence-corrected chi connectivity index (χ3v) is 7.00. The first-order valence-electron chi connectivity index (χ1n) is 12.1. The van der Waals surface area contributed by atoms with Gasteiger partial charge < -0.3 is 26.0 Å². The summed E-state index contributed by atoms with van der Waals surface area (Å²) in [6.45, 7) is 6.52. The monoisotopic (exact) mass is 485 g/mol. The molecule has 2 aromatic heterocycles. The highest BCUT2D eigenvalue weighted by Crippen LogP contribution is 2.39. The number of aromatic nitrogens is 3. The number of nitrogens with zero attached hydrogens (tertiary/aromatic N) is 4. The molecule has 0 unspecified atom stereocenters. The van der Waals surface area contributed by atoms with Crippen LogP contribution >= 0.6 is 0 Å². The van der Waals surface area contributed by atoms with Crippen molar-refractivity contribution in [1.82, 2.24) is 19.9 Å². The predicted molar refractivity (Wildman–Crippen MR) is 140 cm³/mol. The van der Waals surface area contributed by atoms with Crippen molar-refractivity contribution in [3.05, 3.63) is 59.2 Å². The molecule has 36 heavy (non-hydrogen) atoms. The molecule has 4 aromatic rings. The first kappa shape index (κ1) is 22.5. The van der Waals surface area contributed by atoms with Crippen LogP contribution in [-0.4, -0.2) is 46.1 Å². The van der Waals surface area contributed by atoms with E-state index in [-0.39, 0.29) is 11.8 Å². The molecule has 0 amide bonds. The van der Waals surface area contributed by atoms with Gasteiger partial charge in [-0.1, -0.05) is 6.07 Å². The number of hydrogen-bond acceptors (Lipinski definition) is 8. The Hall–Kier alpha value is -3.98. The second-order valence-corrected chi connectivity index (χ2v) is 9.66. The molecule has 8 nitrogen and oxygen atoms in total. The average molecular weight is 486 g/mol. The van der Waals surface area contributed by atoms with E-state index in [1.807, 2.05) is 19.9 Å². The number of nitrogens with one attached hydrogen (secondary N) is 2. The van der Waals surface area contributed by atoms with Gasteiger partial charge in [0.25, 0.3) is 0 Å². The topological polar surface area (TPSA) is 101 Å². The van der Waals surface area contributed by atoms with E-state index in [0.29, 0.717) is 40.4 Å². The lowest BCUT2D eigenvalue weighted by atomic mass is 9.98. The summed E-state index contributed by atoms with van der Waals surface area (Å²) >= 11 is 0. The molecule has 0 fully saturated rings. The Morgan fingerprint density at radius 3 is 2.89 bits per heavy atom. The summed E-state index contributed by atoms with van der Waals surface area (Å²) in [5, 5.41) is 7.10. The van der Waals surface area contributed by atoms with Crippen LogP contribution in [0.5, 0.6) is 5.88 Å². The highest BCUT2D eigenvalue weighted by atomic mass is 19.1. The molecule has 4 heterocycles. The first-order valence-corrected chi connectivity index (χ1v) is 12.1. The molecule has 2 aliphatic heterocycles. The minimum Gasteiger partial charge on any atom is -0.471 e. The maximum Gasteiger partial charge on any atom is 0.238 e. The second-order valence-electron chi connectivity index (χ2n) is 9.66. The fraction of sp³-hybridized carbons (Fsp3) is 0.296. The van der Waals surface area contributed by atoms with Crippen LogP contribution in [0.2, 0.25) is 0 Å². The Labute approximate surface area is 208 Å². The van der Waals surface area contributed by atoms with Gasteiger partial charge in [0.1, 0.15) is 11.8 Å². The summed E-state index contributed by atoms with van der Waals surface area (Å²) in [6, 6.07) is 8.04. The summed E-state index contributed by atoms with van der Waals surface area (Å²) in [4.78, 5) is 15.8. The number of nitrogens with two attached hydrogens (primary N) is 1. The Morgan fingerprint density at radius 2 is 2.03 bits per heavy atom. The third kappa shape index (κ3) is 3.85. The van der Waals surface area contributed by atoms with Crippen molar-refractivity contribution in [3.8, 4) is 17.0 Å². The van der Waals surface area contributed by atoms with Crippen LogP contribution in [0.25, 0.3) is 22.0 Å². The number of rotatable bonds is 3. The molecule has 2 aliphatic rings. The lowest BCUT2D eigenvalue weighted by Gasteiger charge is -2.26. The van der Waals surface area contributed by atoms with Crippen molar-refractivity contribution in [1.29, 1.82) is 0 Å². The number of fused-ring (bicyclic) bond motifs is 3. The van der Waals surface area contributed by atoms with Crippen molar-refractivity contribution in [2.45, 2.75) is 32.9 Å². The fourth-order valence-electron chi connectivity index (χ4n) is 4.96. The molecule has 0 aliphatic carbocycles. The molecule has 184 valence electrons. The lowest BCUT2D eigenvalue weighted by molar-refractivity contribution is 0.216. The molecule has 0 bridgehead atoms. The number of anilines is 4.